The summed E-state index contributed by atoms with van der Waals surface area (Å²) < 4.78 is 3.92. The van der Waals surface area contributed by atoms with E-state index in [0.717, 1.165) is 50.1 Å². The highest BCUT2D eigenvalue weighted by molar-refractivity contribution is 5.81. The first-order valence-electron chi connectivity index (χ1n) is 8.51. The molecule has 2 aliphatic rings. The maximum absolute atomic E-state index is 13.1. The van der Waals surface area contributed by atoms with Crippen LogP contribution in [0.4, 0.5) is 0 Å². The average Bonchev–Trinajstić information content (AvgIpc) is 2.87. The molecule has 0 saturated carbocycles. The molecule has 2 aromatic rings. The highest BCUT2D eigenvalue weighted by atomic mass is 16.1. The Morgan fingerprint density at radius 1 is 1.23 bits per heavy atom. The molecule has 0 N–H and O–H groups in total. The molecule has 0 unspecified atom stereocenters. The normalized spacial score (nSPS) is 19.4. The van der Waals surface area contributed by atoms with Gasteiger partial charge in [-0.2, -0.15) is 5.10 Å². The third-order valence-electron chi connectivity index (χ3n) is 5.25. The Morgan fingerprint density at radius 3 is 2.68 bits per heavy atom. The molecule has 5 nitrogen and oxygen atoms in total. The fourth-order valence-electron chi connectivity index (χ4n) is 4.15. The Morgan fingerprint density at radius 2 is 1.95 bits per heavy atom. The summed E-state index contributed by atoms with van der Waals surface area (Å²) in [5.41, 5.74) is 3.58. The molecule has 1 aliphatic carbocycles. The Hall–Kier alpha value is -1.62. The first-order chi connectivity index (χ1) is 10.7. The molecule has 5 heteroatoms. The van der Waals surface area contributed by atoms with Gasteiger partial charge in [-0.3, -0.25) is 18.9 Å². The molecule has 0 spiro atoms. The van der Waals surface area contributed by atoms with Crippen LogP contribution in [0.25, 0.3) is 11.0 Å². The molecule has 118 valence electrons. The monoisotopic (exact) mass is 300 g/mol. The zero-order chi connectivity index (χ0) is 15.3. The average molecular weight is 300 g/mol. The van der Waals surface area contributed by atoms with Crippen LogP contribution in [-0.2, 0) is 19.9 Å². The molecule has 1 aliphatic heterocycles. The zero-order valence-electron chi connectivity index (χ0n) is 13.5. The van der Waals surface area contributed by atoms with Crippen molar-refractivity contribution >= 4 is 11.0 Å². The lowest BCUT2D eigenvalue weighted by molar-refractivity contribution is 0.107. The number of aromatic nitrogens is 3. The molecule has 1 saturated heterocycles. The molecule has 4 rings (SSSR count). The molecule has 2 aromatic heterocycles. The second kappa shape index (κ2) is 5.23. The van der Waals surface area contributed by atoms with Crippen molar-refractivity contribution in [3.63, 3.8) is 0 Å². The van der Waals surface area contributed by atoms with Crippen molar-refractivity contribution in [3.05, 3.63) is 27.7 Å². The minimum absolute atomic E-state index is 0.243. The highest BCUT2D eigenvalue weighted by Crippen LogP contribution is 2.30. The van der Waals surface area contributed by atoms with E-state index in [1.165, 1.54) is 23.8 Å². The molecule has 0 atom stereocenters. The fraction of sp³-hybridized carbons (Fsp3) is 0.647. The van der Waals surface area contributed by atoms with Gasteiger partial charge in [0.1, 0.15) is 5.65 Å². The van der Waals surface area contributed by atoms with Gasteiger partial charge in [0.15, 0.2) is 0 Å². The topological polar surface area (TPSA) is 43.1 Å². The van der Waals surface area contributed by atoms with E-state index in [2.05, 4.69) is 16.9 Å². The van der Waals surface area contributed by atoms with Gasteiger partial charge in [-0.25, -0.2) is 0 Å². The minimum atomic E-state index is 0.243. The summed E-state index contributed by atoms with van der Waals surface area (Å²) in [6.07, 6.45) is 7.42. The Balaban J connectivity index is 1.86. The van der Waals surface area contributed by atoms with Crippen LogP contribution in [0.5, 0.6) is 0 Å². The van der Waals surface area contributed by atoms with Gasteiger partial charge in [-0.1, -0.05) is 6.92 Å². The lowest BCUT2D eigenvalue weighted by Gasteiger charge is -2.40. The number of hydrogen-bond donors (Lipinski definition) is 0. The van der Waals surface area contributed by atoms with Crippen molar-refractivity contribution < 1.29 is 0 Å². The summed E-state index contributed by atoms with van der Waals surface area (Å²) in [7, 11) is 1.95. The largest absolute Gasteiger partial charge is 0.299 e. The summed E-state index contributed by atoms with van der Waals surface area (Å²) >= 11 is 0. The number of aryl methyl sites for hydroxylation is 2. The van der Waals surface area contributed by atoms with Crippen LogP contribution in [0.15, 0.2) is 11.0 Å². The summed E-state index contributed by atoms with van der Waals surface area (Å²) in [4.78, 5) is 15.5. The van der Waals surface area contributed by atoms with E-state index < -0.39 is 0 Å². The number of likely N-dealkylation sites (tertiary alicyclic amines) is 1. The van der Waals surface area contributed by atoms with E-state index in [1.807, 2.05) is 22.5 Å². The summed E-state index contributed by atoms with van der Waals surface area (Å²) in [6, 6.07) is 0.309. The third-order valence-corrected chi connectivity index (χ3v) is 5.25. The molecule has 0 bridgehead atoms. The van der Waals surface area contributed by atoms with Crippen molar-refractivity contribution in [1.29, 1.82) is 0 Å². The minimum Gasteiger partial charge on any atom is -0.299 e. The fourth-order valence-corrected chi connectivity index (χ4v) is 4.15. The van der Waals surface area contributed by atoms with Crippen LogP contribution < -0.4 is 5.56 Å². The lowest BCUT2D eigenvalue weighted by Crippen LogP contribution is -2.51. The smallest absolute Gasteiger partial charge is 0.256 e. The SMILES string of the molecule is CCCN1CC(n2c(=O)c3c(c4cnn(C)c42)CCCC3)C1. The van der Waals surface area contributed by atoms with Crippen LogP contribution in [0.1, 0.15) is 43.4 Å². The molecular weight excluding hydrogens is 276 g/mol. The van der Waals surface area contributed by atoms with E-state index in [1.54, 1.807) is 0 Å². The first-order valence-corrected chi connectivity index (χ1v) is 8.51. The van der Waals surface area contributed by atoms with Crippen LogP contribution in [-0.4, -0.2) is 38.9 Å². The maximum Gasteiger partial charge on any atom is 0.256 e. The number of nitrogens with zero attached hydrogens (tertiary/aromatic N) is 4. The number of hydrogen-bond acceptors (Lipinski definition) is 3. The molecule has 22 heavy (non-hydrogen) atoms. The van der Waals surface area contributed by atoms with E-state index >= 15 is 0 Å². The van der Waals surface area contributed by atoms with Crippen molar-refractivity contribution in [2.45, 2.75) is 45.1 Å². The number of fused-ring (bicyclic) bond motifs is 3. The quantitative estimate of drug-likeness (QED) is 0.869. The van der Waals surface area contributed by atoms with Crippen LogP contribution in [0.2, 0.25) is 0 Å². The Labute approximate surface area is 130 Å². The van der Waals surface area contributed by atoms with Crippen LogP contribution in [0, 0.1) is 0 Å². The van der Waals surface area contributed by atoms with Crippen molar-refractivity contribution in [2.24, 2.45) is 7.05 Å². The standard InChI is InChI=1S/C17H24N4O/c1-3-8-20-10-12(11-20)21-16-15(9-18-19(16)2)13-6-4-5-7-14(13)17(21)22/h9,12H,3-8,10-11H2,1-2H3. The highest BCUT2D eigenvalue weighted by Gasteiger charge is 2.32. The van der Waals surface area contributed by atoms with Crippen molar-refractivity contribution in [1.82, 2.24) is 19.2 Å². The van der Waals surface area contributed by atoms with Crippen molar-refractivity contribution in [2.75, 3.05) is 19.6 Å². The van der Waals surface area contributed by atoms with Gasteiger partial charge in [0.05, 0.1) is 12.2 Å². The van der Waals surface area contributed by atoms with E-state index in [0.29, 0.717) is 6.04 Å². The number of pyridine rings is 1. The predicted molar refractivity (Wildman–Crippen MR) is 87.4 cm³/mol. The zero-order valence-corrected chi connectivity index (χ0v) is 13.5. The molecule has 3 heterocycles. The van der Waals surface area contributed by atoms with E-state index in [4.69, 9.17) is 0 Å². The van der Waals surface area contributed by atoms with Crippen LogP contribution >= 0.6 is 0 Å². The first kappa shape index (κ1) is 14.0. The molecular formula is C17H24N4O. The second-order valence-corrected chi connectivity index (χ2v) is 6.76. The molecule has 0 radical (unpaired) electrons. The summed E-state index contributed by atoms with van der Waals surface area (Å²) in [5, 5.41) is 5.64. The second-order valence-electron chi connectivity index (χ2n) is 6.76. The van der Waals surface area contributed by atoms with Crippen molar-refractivity contribution in [3.8, 4) is 0 Å². The summed E-state index contributed by atoms with van der Waals surface area (Å²) in [6.45, 7) is 5.32. The Kier molecular flexibility index (Phi) is 3.33. The van der Waals surface area contributed by atoms with Gasteiger partial charge >= 0.3 is 0 Å². The van der Waals surface area contributed by atoms with Gasteiger partial charge in [-0.15, -0.1) is 0 Å². The maximum atomic E-state index is 13.1. The van der Waals surface area contributed by atoms with Gasteiger partial charge < -0.3 is 0 Å². The lowest BCUT2D eigenvalue weighted by atomic mass is 9.90. The van der Waals surface area contributed by atoms with Crippen LogP contribution in [0.3, 0.4) is 0 Å². The number of rotatable bonds is 3. The Bertz CT molecular complexity index is 767. The van der Waals surface area contributed by atoms with E-state index in [9.17, 15) is 4.79 Å². The molecule has 0 amide bonds. The molecule has 0 aromatic carbocycles. The van der Waals surface area contributed by atoms with Gasteiger partial charge in [0.25, 0.3) is 5.56 Å². The predicted octanol–water partition coefficient (Wildman–Crippen LogP) is 1.88. The van der Waals surface area contributed by atoms with Gasteiger partial charge in [0, 0.05) is 31.1 Å². The van der Waals surface area contributed by atoms with Gasteiger partial charge in [-0.05, 0) is 44.2 Å². The molecule has 1 fully saturated rings. The van der Waals surface area contributed by atoms with E-state index in [-0.39, 0.29) is 5.56 Å². The van der Waals surface area contributed by atoms with Gasteiger partial charge in [0.2, 0.25) is 0 Å². The third kappa shape index (κ3) is 1.95. The summed E-state index contributed by atoms with van der Waals surface area (Å²) in [5.74, 6) is 0.